The predicted molar refractivity (Wildman–Crippen MR) is 108 cm³/mol. The van der Waals surface area contributed by atoms with Crippen molar-refractivity contribution < 1.29 is 8.78 Å². The minimum Gasteiger partial charge on any atom is -0.354 e. The topological polar surface area (TPSA) is 52.3 Å². The van der Waals surface area contributed by atoms with Gasteiger partial charge in [-0.05, 0) is 13.8 Å². The van der Waals surface area contributed by atoms with Gasteiger partial charge in [0.1, 0.15) is 5.84 Å². The van der Waals surface area contributed by atoms with Gasteiger partial charge in [-0.3, -0.25) is 14.5 Å². The van der Waals surface area contributed by atoms with Crippen molar-refractivity contribution in [1.82, 2.24) is 24.5 Å². The smallest absolute Gasteiger partial charge is 0.250 e. The normalized spacial score (nSPS) is 28.0. The molecule has 0 N–H and O–H groups in total. The Morgan fingerprint density at radius 1 is 1.10 bits per heavy atom. The summed E-state index contributed by atoms with van der Waals surface area (Å²) in [6.45, 7) is 9.07. The van der Waals surface area contributed by atoms with Crippen LogP contribution in [0.5, 0.6) is 0 Å². The second-order valence-corrected chi connectivity index (χ2v) is 8.33. The van der Waals surface area contributed by atoms with Crippen molar-refractivity contribution in [2.45, 2.75) is 44.8 Å². The van der Waals surface area contributed by atoms with Gasteiger partial charge in [0, 0.05) is 82.8 Å². The van der Waals surface area contributed by atoms with Crippen LogP contribution in [-0.4, -0.2) is 87.0 Å². The second-order valence-electron chi connectivity index (χ2n) is 8.33. The molecule has 2 saturated heterocycles. The molecule has 7 nitrogen and oxygen atoms in total. The zero-order valence-corrected chi connectivity index (χ0v) is 17.4. The van der Waals surface area contributed by atoms with Gasteiger partial charge in [0.05, 0.1) is 12.4 Å². The summed E-state index contributed by atoms with van der Waals surface area (Å²) in [4.78, 5) is 15.9. The van der Waals surface area contributed by atoms with E-state index in [1.54, 1.807) is 6.20 Å². The average Bonchev–Trinajstić information content (AvgIpc) is 3.01. The largest absolute Gasteiger partial charge is 0.354 e. The Hall–Kier alpha value is -2.09. The van der Waals surface area contributed by atoms with Crippen LogP contribution >= 0.6 is 0 Å². The molecule has 0 aromatic carbocycles. The van der Waals surface area contributed by atoms with Gasteiger partial charge in [0.25, 0.3) is 5.92 Å². The highest BCUT2D eigenvalue weighted by atomic mass is 19.3. The third kappa shape index (κ3) is 3.99. The highest BCUT2D eigenvalue weighted by Crippen LogP contribution is 2.33. The Balaban J connectivity index is 1.41. The van der Waals surface area contributed by atoms with Crippen molar-refractivity contribution in [3.05, 3.63) is 23.7 Å². The van der Waals surface area contributed by atoms with Crippen molar-refractivity contribution in [3.63, 3.8) is 0 Å². The number of halogens is 2. The molecule has 0 spiro atoms. The number of alkyl halides is 2. The lowest BCUT2D eigenvalue weighted by Gasteiger charge is -2.47. The van der Waals surface area contributed by atoms with E-state index in [9.17, 15) is 8.78 Å². The van der Waals surface area contributed by atoms with Crippen LogP contribution in [0.2, 0.25) is 0 Å². The molecule has 0 aliphatic carbocycles. The van der Waals surface area contributed by atoms with Crippen LogP contribution in [-0.2, 0) is 13.6 Å². The fourth-order valence-electron chi connectivity index (χ4n) is 4.34. The molecule has 1 aromatic heterocycles. The third-order valence-electron chi connectivity index (χ3n) is 6.46. The summed E-state index contributed by atoms with van der Waals surface area (Å²) in [5.41, 5.74) is 1.72. The molecule has 29 heavy (non-hydrogen) atoms. The quantitative estimate of drug-likeness (QED) is 0.771. The van der Waals surface area contributed by atoms with Gasteiger partial charge in [0.15, 0.2) is 5.66 Å². The molecule has 3 aliphatic heterocycles. The van der Waals surface area contributed by atoms with Gasteiger partial charge in [-0.1, -0.05) is 0 Å². The van der Waals surface area contributed by atoms with Crippen molar-refractivity contribution in [2.24, 2.45) is 17.0 Å². The highest BCUT2D eigenvalue weighted by Gasteiger charge is 2.46. The maximum absolute atomic E-state index is 13.6. The lowest BCUT2D eigenvalue weighted by atomic mass is 10.00. The van der Waals surface area contributed by atoms with Gasteiger partial charge in [-0.2, -0.15) is 5.10 Å². The lowest BCUT2D eigenvalue weighted by Crippen LogP contribution is -2.62. The summed E-state index contributed by atoms with van der Waals surface area (Å²) in [5, 5.41) is 4.33. The van der Waals surface area contributed by atoms with Crippen LogP contribution < -0.4 is 0 Å². The van der Waals surface area contributed by atoms with Gasteiger partial charge in [-0.25, -0.2) is 18.8 Å². The predicted octanol–water partition coefficient (Wildman–Crippen LogP) is 1.89. The third-order valence-corrected chi connectivity index (χ3v) is 6.46. The molecule has 1 aromatic rings. The molecule has 4 heterocycles. The van der Waals surface area contributed by atoms with Crippen LogP contribution in [0.3, 0.4) is 0 Å². The van der Waals surface area contributed by atoms with Crippen LogP contribution in [0.1, 0.15) is 31.0 Å². The van der Waals surface area contributed by atoms with Crippen molar-refractivity contribution in [1.29, 1.82) is 0 Å². The first kappa shape index (κ1) is 20.2. The van der Waals surface area contributed by atoms with Crippen LogP contribution in [0.15, 0.2) is 22.4 Å². The number of piperidine rings is 1. The van der Waals surface area contributed by atoms with E-state index in [4.69, 9.17) is 0 Å². The molecule has 3 aliphatic rings. The summed E-state index contributed by atoms with van der Waals surface area (Å²) in [6.07, 6.45) is 3.26. The van der Waals surface area contributed by atoms with E-state index in [0.717, 1.165) is 38.6 Å². The Kier molecular flexibility index (Phi) is 5.31. The second kappa shape index (κ2) is 7.63. The Morgan fingerprint density at radius 2 is 1.79 bits per heavy atom. The van der Waals surface area contributed by atoms with E-state index in [1.165, 1.54) is 11.3 Å². The summed E-state index contributed by atoms with van der Waals surface area (Å²) in [6, 6.07) is 0. The summed E-state index contributed by atoms with van der Waals surface area (Å²) in [7, 11) is 1.96. The van der Waals surface area contributed by atoms with Gasteiger partial charge in [-0.15, -0.1) is 0 Å². The molecule has 2 fully saturated rings. The lowest BCUT2D eigenvalue weighted by molar-refractivity contribution is -0.0679. The van der Waals surface area contributed by atoms with Gasteiger partial charge >= 0.3 is 0 Å². The van der Waals surface area contributed by atoms with E-state index in [1.807, 2.05) is 29.7 Å². The van der Waals surface area contributed by atoms with E-state index < -0.39 is 11.6 Å². The standard InChI is InChI=1S/C20H29F2N7/c1-16-17(14-25-26(16)3)15-27-10-12-28(13-11-27)18-19(2,24-7-6-23-18)29-8-4-20(21,22)5-9-29/h6,14H,4-5,8-13,15H2,1-3H3. The summed E-state index contributed by atoms with van der Waals surface area (Å²) >= 11 is 0. The van der Waals surface area contributed by atoms with Crippen molar-refractivity contribution >= 4 is 11.7 Å². The maximum Gasteiger partial charge on any atom is 0.250 e. The molecular formula is C20H29F2N7. The Bertz CT molecular complexity index is 837. The number of aryl methyl sites for hydroxylation is 1. The van der Waals surface area contributed by atoms with Crippen molar-refractivity contribution in [2.75, 3.05) is 39.3 Å². The van der Waals surface area contributed by atoms with E-state index in [-0.39, 0.29) is 12.8 Å². The first-order valence-electron chi connectivity index (χ1n) is 10.2. The molecule has 1 unspecified atom stereocenters. The fourth-order valence-corrected chi connectivity index (χ4v) is 4.34. The minimum atomic E-state index is -2.57. The van der Waals surface area contributed by atoms with E-state index >= 15 is 0 Å². The number of hydrogen-bond acceptors (Lipinski definition) is 6. The molecule has 0 radical (unpaired) electrons. The SMILES string of the molecule is Cc1c(CN2CCN(C3=NC=C=NC3(C)N3CCC(F)(F)CC3)CC2)cnn1C. The first-order valence-corrected chi connectivity index (χ1v) is 10.2. The molecular weight excluding hydrogens is 376 g/mol. The molecule has 9 heteroatoms. The zero-order chi connectivity index (χ0) is 20.6. The van der Waals surface area contributed by atoms with Crippen LogP contribution in [0, 0.1) is 6.92 Å². The fraction of sp³-hybridized carbons (Fsp3) is 0.700. The molecule has 158 valence electrons. The summed E-state index contributed by atoms with van der Waals surface area (Å²) < 4.78 is 29.2. The minimum absolute atomic E-state index is 0.132. The average molecular weight is 405 g/mol. The number of rotatable bonds is 3. The number of likely N-dealkylation sites (tertiary alicyclic amines) is 1. The monoisotopic (exact) mass is 405 g/mol. The Morgan fingerprint density at radius 3 is 2.41 bits per heavy atom. The van der Waals surface area contributed by atoms with E-state index in [2.05, 4.69) is 37.7 Å². The maximum atomic E-state index is 13.6. The number of amidine groups is 1. The Labute approximate surface area is 170 Å². The molecule has 0 saturated carbocycles. The molecule has 1 atom stereocenters. The molecule has 4 rings (SSSR count). The number of aliphatic imine (C=N–C) groups is 2. The zero-order valence-electron chi connectivity index (χ0n) is 17.4. The van der Waals surface area contributed by atoms with Gasteiger partial charge < -0.3 is 4.90 Å². The number of nitrogens with zero attached hydrogens (tertiary/aromatic N) is 7. The van der Waals surface area contributed by atoms with E-state index in [0.29, 0.717) is 13.1 Å². The molecule has 0 amide bonds. The number of piperazine rings is 1. The van der Waals surface area contributed by atoms with Gasteiger partial charge in [0.2, 0.25) is 0 Å². The molecule has 0 bridgehead atoms. The van der Waals surface area contributed by atoms with Crippen LogP contribution in [0.25, 0.3) is 0 Å². The summed E-state index contributed by atoms with van der Waals surface area (Å²) in [5.74, 6) is 1.12. The number of hydrogen-bond donors (Lipinski definition) is 0. The first-order chi connectivity index (χ1) is 13.8. The number of aromatic nitrogens is 2. The van der Waals surface area contributed by atoms with Crippen LogP contribution in [0.4, 0.5) is 8.78 Å². The van der Waals surface area contributed by atoms with Crippen molar-refractivity contribution in [3.8, 4) is 0 Å². The highest BCUT2D eigenvalue weighted by molar-refractivity contribution is 5.94.